The van der Waals surface area contributed by atoms with E-state index in [0.717, 1.165) is 60.7 Å². The summed E-state index contributed by atoms with van der Waals surface area (Å²) in [6.45, 7) is 5.20. The second-order valence-corrected chi connectivity index (χ2v) is 7.42. The van der Waals surface area contributed by atoms with Gasteiger partial charge in [-0.2, -0.15) is 5.10 Å². The fraction of sp³-hybridized carbons (Fsp3) is 0.286. The van der Waals surface area contributed by atoms with E-state index in [2.05, 4.69) is 59.8 Å². The molecule has 4 heterocycles. The Bertz CT molecular complexity index is 1130. The van der Waals surface area contributed by atoms with Crippen LogP contribution in [0.1, 0.15) is 5.56 Å². The minimum absolute atomic E-state index is 0. The first-order valence-corrected chi connectivity index (χ1v) is 9.87. The first kappa shape index (κ1) is 20.3. The van der Waals surface area contributed by atoms with Crippen molar-refractivity contribution in [2.45, 2.75) is 6.54 Å². The van der Waals surface area contributed by atoms with Gasteiger partial charge in [-0.25, -0.2) is 9.97 Å². The molecule has 30 heavy (non-hydrogen) atoms. The molecule has 3 N–H and O–H groups in total. The van der Waals surface area contributed by atoms with E-state index in [-0.39, 0.29) is 12.4 Å². The summed E-state index contributed by atoms with van der Waals surface area (Å²) in [4.78, 5) is 14.9. The molecule has 1 aromatic carbocycles. The van der Waals surface area contributed by atoms with E-state index in [4.69, 9.17) is 0 Å². The number of fused-ring (bicyclic) bond motifs is 1. The zero-order valence-corrected chi connectivity index (χ0v) is 17.6. The van der Waals surface area contributed by atoms with Gasteiger partial charge < -0.3 is 15.6 Å². The second-order valence-electron chi connectivity index (χ2n) is 7.42. The van der Waals surface area contributed by atoms with Crippen LogP contribution in [0.4, 0.5) is 11.8 Å². The van der Waals surface area contributed by atoms with Gasteiger partial charge in [0, 0.05) is 57.7 Å². The Hall–Kier alpha value is -2.94. The summed E-state index contributed by atoms with van der Waals surface area (Å²) in [5, 5.41) is 10.9. The standard InChI is InChI=1S/C21H24N8.ClH/c1-28-14-17(12-24-28)16-2-3-18-19(11-16)26-21(25-18)27-20-10-15(4-5-23-20)13-29-8-6-22-7-9-29;/h2-5,10-12,14,22H,6-9,13H2,1H3,(H2,23,25,26,27);1H. The lowest BCUT2D eigenvalue weighted by atomic mass is 10.1. The van der Waals surface area contributed by atoms with Crippen LogP contribution in [0.2, 0.25) is 0 Å². The molecule has 0 bridgehead atoms. The smallest absolute Gasteiger partial charge is 0.206 e. The van der Waals surface area contributed by atoms with Crippen molar-refractivity contribution in [3.63, 3.8) is 0 Å². The van der Waals surface area contributed by atoms with E-state index in [1.165, 1.54) is 5.56 Å². The van der Waals surface area contributed by atoms with Crippen LogP contribution in [0.5, 0.6) is 0 Å². The van der Waals surface area contributed by atoms with Gasteiger partial charge in [0.15, 0.2) is 0 Å². The van der Waals surface area contributed by atoms with Gasteiger partial charge >= 0.3 is 0 Å². The number of hydrogen-bond acceptors (Lipinski definition) is 6. The average Bonchev–Trinajstić information content (AvgIpc) is 3.34. The van der Waals surface area contributed by atoms with E-state index in [1.54, 1.807) is 4.68 Å². The number of aromatic amines is 1. The number of H-pyrrole nitrogens is 1. The van der Waals surface area contributed by atoms with Gasteiger partial charge in [0.05, 0.1) is 17.2 Å². The summed E-state index contributed by atoms with van der Waals surface area (Å²) in [6, 6.07) is 10.4. The zero-order valence-electron chi connectivity index (χ0n) is 16.8. The average molecular weight is 425 g/mol. The molecule has 4 aromatic rings. The van der Waals surface area contributed by atoms with Crippen molar-refractivity contribution >= 4 is 35.2 Å². The Labute approximate surface area is 181 Å². The largest absolute Gasteiger partial charge is 0.324 e. The van der Waals surface area contributed by atoms with Gasteiger partial charge in [-0.05, 0) is 35.4 Å². The lowest BCUT2D eigenvalue weighted by Crippen LogP contribution is -2.42. The number of rotatable bonds is 5. The van der Waals surface area contributed by atoms with Crippen LogP contribution < -0.4 is 10.6 Å². The van der Waals surface area contributed by atoms with Crippen LogP contribution in [0.25, 0.3) is 22.2 Å². The first-order chi connectivity index (χ1) is 14.2. The molecule has 0 atom stereocenters. The van der Waals surface area contributed by atoms with Gasteiger partial charge in [-0.15, -0.1) is 12.4 Å². The molecule has 1 aliphatic heterocycles. The summed E-state index contributed by atoms with van der Waals surface area (Å²) in [6.07, 6.45) is 5.72. The third kappa shape index (κ3) is 4.46. The quantitative estimate of drug-likeness (QED) is 0.456. The molecule has 0 spiro atoms. The van der Waals surface area contributed by atoms with Crippen molar-refractivity contribution in [3.05, 3.63) is 54.5 Å². The Morgan fingerprint density at radius 1 is 1.10 bits per heavy atom. The topological polar surface area (TPSA) is 86.7 Å². The van der Waals surface area contributed by atoms with Crippen LogP contribution in [-0.2, 0) is 13.6 Å². The van der Waals surface area contributed by atoms with Crippen LogP contribution in [-0.4, -0.2) is 55.8 Å². The molecule has 0 unspecified atom stereocenters. The highest BCUT2D eigenvalue weighted by molar-refractivity contribution is 5.85. The zero-order chi connectivity index (χ0) is 19.6. The Morgan fingerprint density at radius 3 is 2.77 bits per heavy atom. The van der Waals surface area contributed by atoms with Crippen molar-refractivity contribution in [1.82, 2.24) is 34.9 Å². The molecule has 0 amide bonds. The second kappa shape index (κ2) is 8.83. The molecule has 1 saturated heterocycles. The summed E-state index contributed by atoms with van der Waals surface area (Å²) >= 11 is 0. The number of pyridine rings is 1. The predicted octanol–water partition coefficient (Wildman–Crippen LogP) is 2.93. The van der Waals surface area contributed by atoms with Crippen molar-refractivity contribution in [2.75, 3.05) is 31.5 Å². The maximum atomic E-state index is 4.65. The fourth-order valence-electron chi connectivity index (χ4n) is 3.71. The summed E-state index contributed by atoms with van der Waals surface area (Å²) in [5.74, 6) is 1.49. The van der Waals surface area contributed by atoms with E-state index in [0.29, 0.717) is 5.95 Å². The van der Waals surface area contributed by atoms with E-state index >= 15 is 0 Å². The van der Waals surface area contributed by atoms with Crippen molar-refractivity contribution in [2.24, 2.45) is 7.05 Å². The Morgan fingerprint density at radius 2 is 1.97 bits per heavy atom. The number of halogens is 1. The molecular formula is C21H25ClN8. The number of aromatic nitrogens is 5. The SMILES string of the molecule is Cl.Cn1cc(-c2ccc3nc(Nc4cc(CN5CCNCC5)ccn4)[nH]c3c2)cn1. The lowest BCUT2D eigenvalue weighted by molar-refractivity contribution is 0.233. The Kier molecular flexibility index (Phi) is 5.98. The summed E-state index contributed by atoms with van der Waals surface area (Å²) in [7, 11) is 1.92. The highest BCUT2D eigenvalue weighted by atomic mass is 35.5. The molecule has 0 radical (unpaired) electrons. The van der Waals surface area contributed by atoms with Crippen molar-refractivity contribution in [1.29, 1.82) is 0 Å². The molecule has 9 heteroatoms. The number of imidazole rings is 1. The van der Waals surface area contributed by atoms with Crippen molar-refractivity contribution < 1.29 is 0 Å². The number of nitrogens with one attached hydrogen (secondary N) is 3. The molecule has 8 nitrogen and oxygen atoms in total. The summed E-state index contributed by atoms with van der Waals surface area (Å²) < 4.78 is 1.80. The molecule has 5 rings (SSSR count). The molecular weight excluding hydrogens is 400 g/mol. The van der Waals surface area contributed by atoms with Crippen LogP contribution in [0.15, 0.2) is 48.9 Å². The minimum atomic E-state index is 0. The van der Waals surface area contributed by atoms with Gasteiger partial charge in [0.2, 0.25) is 5.95 Å². The third-order valence-corrected chi connectivity index (χ3v) is 5.21. The first-order valence-electron chi connectivity index (χ1n) is 9.87. The maximum Gasteiger partial charge on any atom is 0.206 e. The van der Waals surface area contributed by atoms with Gasteiger partial charge in [-0.1, -0.05) is 6.07 Å². The molecule has 156 valence electrons. The highest BCUT2D eigenvalue weighted by Crippen LogP contribution is 2.24. The van der Waals surface area contributed by atoms with Crippen LogP contribution in [0.3, 0.4) is 0 Å². The summed E-state index contributed by atoms with van der Waals surface area (Å²) in [5.41, 5.74) is 5.33. The normalized spacial score (nSPS) is 14.6. The molecule has 0 saturated carbocycles. The number of nitrogens with zero attached hydrogens (tertiary/aromatic N) is 5. The van der Waals surface area contributed by atoms with E-state index in [9.17, 15) is 0 Å². The van der Waals surface area contributed by atoms with E-state index < -0.39 is 0 Å². The number of aryl methyl sites for hydroxylation is 1. The van der Waals surface area contributed by atoms with Crippen LogP contribution in [0, 0.1) is 0 Å². The van der Waals surface area contributed by atoms with Crippen LogP contribution >= 0.6 is 12.4 Å². The third-order valence-electron chi connectivity index (χ3n) is 5.21. The Balaban J connectivity index is 0.00000218. The number of piperazine rings is 1. The molecule has 0 aliphatic carbocycles. The molecule has 1 aliphatic rings. The van der Waals surface area contributed by atoms with Gasteiger partial charge in [-0.3, -0.25) is 9.58 Å². The number of benzene rings is 1. The molecule has 1 fully saturated rings. The molecule has 3 aromatic heterocycles. The highest BCUT2D eigenvalue weighted by Gasteiger charge is 2.11. The van der Waals surface area contributed by atoms with Gasteiger partial charge in [0.25, 0.3) is 0 Å². The minimum Gasteiger partial charge on any atom is -0.324 e. The van der Waals surface area contributed by atoms with E-state index in [1.807, 2.05) is 31.7 Å². The lowest BCUT2D eigenvalue weighted by Gasteiger charge is -2.27. The van der Waals surface area contributed by atoms with Gasteiger partial charge in [0.1, 0.15) is 5.82 Å². The predicted molar refractivity (Wildman–Crippen MR) is 121 cm³/mol. The number of hydrogen-bond donors (Lipinski definition) is 3. The van der Waals surface area contributed by atoms with Crippen molar-refractivity contribution in [3.8, 4) is 11.1 Å². The maximum absolute atomic E-state index is 4.65. The number of anilines is 2. The fourth-order valence-corrected chi connectivity index (χ4v) is 3.71. The monoisotopic (exact) mass is 424 g/mol.